The molecule has 4 heteroatoms. The van der Waals surface area contributed by atoms with Crippen LogP contribution in [0.15, 0.2) is 30.3 Å². The first-order chi connectivity index (χ1) is 9.63. The third kappa shape index (κ3) is 2.41. The molecule has 1 aromatic heterocycles. The van der Waals surface area contributed by atoms with Crippen LogP contribution in [0.2, 0.25) is 0 Å². The first-order valence-electron chi connectivity index (χ1n) is 6.87. The van der Waals surface area contributed by atoms with Gasteiger partial charge in [-0.25, -0.2) is 4.98 Å². The lowest BCUT2D eigenvalue weighted by Crippen LogP contribution is -2.08. The highest BCUT2D eigenvalue weighted by Crippen LogP contribution is 2.31. The predicted molar refractivity (Wildman–Crippen MR) is 81.5 cm³/mol. The molecule has 1 heterocycles. The number of fused-ring (bicyclic) bond motifs is 1. The molecule has 0 aliphatic heterocycles. The van der Waals surface area contributed by atoms with E-state index in [1.807, 2.05) is 43.3 Å². The zero-order valence-electron chi connectivity index (χ0n) is 11.9. The van der Waals surface area contributed by atoms with E-state index in [2.05, 4.69) is 11.1 Å². The molecule has 0 unspecified atom stereocenters. The number of rotatable bonds is 3. The molecule has 1 aliphatic rings. The number of benzene rings is 1. The number of nitrogen functional groups attached to an aromatic ring is 1. The zero-order valence-corrected chi connectivity index (χ0v) is 11.9. The van der Waals surface area contributed by atoms with Crippen molar-refractivity contribution < 1.29 is 4.74 Å². The van der Waals surface area contributed by atoms with Gasteiger partial charge in [0.1, 0.15) is 0 Å². The molecule has 0 fully saturated rings. The molecule has 104 valence electrons. The van der Waals surface area contributed by atoms with Crippen LogP contribution in [0.5, 0.6) is 11.6 Å². The van der Waals surface area contributed by atoms with Gasteiger partial charge in [0, 0.05) is 37.6 Å². The van der Waals surface area contributed by atoms with Crippen LogP contribution in [-0.2, 0) is 12.8 Å². The van der Waals surface area contributed by atoms with E-state index < -0.39 is 0 Å². The highest BCUT2D eigenvalue weighted by atomic mass is 16.5. The first kappa shape index (κ1) is 12.8. The molecule has 0 saturated heterocycles. The third-order valence-electron chi connectivity index (χ3n) is 3.63. The van der Waals surface area contributed by atoms with Crippen molar-refractivity contribution in [3.63, 3.8) is 0 Å². The maximum absolute atomic E-state index is 5.98. The summed E-state index contributed by atoms with van der Waals surface area (Å²) in [4.78, 5) is 6.59. The maximum atomic E-state index is 5.98. The Morgan fingerprint density at radius 1 is 1.15 bits per heavy atom. The Labute approximate surface area is 119 Å². The number of nitrogens with two attached hydrogens (primary N) is 1. The van der Waals surface area contributed by atoms with E-state index in [0.717, 1.165) is 24.2 Å². The molecule has 0 amide bonds. The lowest BCUT2D eigenvalue weighted by molar-refractivity contribution is 0.463. The molecule has 2 N–H and O–H groups in total. The Morgan fingerprint density at radius 2 is 2.00 bits per heavy atom. The third-order valence-corrected chi connectivity index (χ3v) is 3.63. The summed E-state index contributed by atoms with van der Waals surface area (Å²) in [7, 11) is 3.98. The number of hydrogen-bond acceptors (Lipinski definition) is 4. The second-order valence-electron chi connectivity index (χ2n) is 5.33. The second kappa shape index (κ2) is 5.04. The van der Waals surface area contributed by atoms with E-state index in [1.54, 1.807) is 0 Å². The van der Waals surface area contributed by atoms with Crippen molar-refractivity contribution >= 4 is 11.4 Å². The van der Waals surface area contributed by atoms with Gasteiger partial charge in [-0.3, -0.25) is 0 Å². The molecule has 2 aromatic rings. The SMILES string of the molecule is CN(C)c1ccc(N)c(Oc2ccc3c(n2)CCC3)c1. The van der Waals surface area contributed by atoms with Gasteiger partial charge in [-0.05, 0) is 37.0 Å². The van der Waals surface area contributed by atoms with Crippen molar-refractivity contribution in [2.45, 2.75) is 19.3 Å². The zero-order chi connectivity index (χ0) is 14.1. The Hall–Kier alpha value is -2.23. The maximum Gasteiger partial charge on any atom is 0.219 e. The van der Waals surface area contributed by atoms with Gasteiger partial charge in [-0.1, -0.05) is 6.07 Å². The number of aryl methyl sites for hydroxylation is 2. The van der Waals surface area contributed by atoms with Crippen LogP contribution in [0.1, 0.15) is 17.7 Å². The predicted octanol–water partition coefficient (Wildman–Crippen LogP) is 3.01. The fourth-order valence-corrected chi connectivity index (χ4v) is 2.46. The van der Waals surface area contributed by atoms with Gasteiger partial charge in [-0.2, -0.15) is 0 Å². The largest absolute Gasteiger partial charge is 0.437 e. The Kier molecular flexibility index (Phi) is 3.22. The standard InChI is InChI=1S/C16H19N3O/c1-19(2)12-7-8-13(17)15(10-12)20-16-9-6-11-4-3-5-14(11)18-16/h6-10H,3-5,17H2,1-2H3. The van der Waals surface area contributed by atoms with Crippen LogP contribution < -0.4 is 15.4 Å². The minimum Gasteiger partial charge on any atom is -0.437 e. The van der Waals surface area contributed by atoms with E-state index in [1.165, 1.54) is 12.0 Å². The van der Waals surface area contributed by atoms with Gasteiger partial charge >= 0.3 is 0 Å². The summed E-state index contributed by atoms with van der Waals surface area (Å²) in [5, 5.41) is 0. The number of hydrogen-bond donors (Lipinski definition) is 1. The number of ether oxygens (including phenoxy) is 1. The van der Waals surface area contributed by atoms with Crippen LogP contribution in [0.3, 0.4) is 0 Å². The molecular formula is C16H19N3O. The molecule has 1 aliphatic carbocycles. The van der Waals surface area contributed by atoms with Crippen molar-refractivity contribution in [2.75, 3.05) is 24.7 Å². The van der Waals surface area contributed by atoms with Crippen molar-refractivity contribution in [3.05, 3.63) is 41.6 Å². The molecule has 20 heavy (non-hydrogen) atoms. The van der Waals surface area contributed by atoms with E-state index >= 15 is 0 Å². The summed E-state index contributed by atoms with van der Waals surface area (Å²) in [5.74, 6) is 1.27. The molecule has 0 radical (unpaired) electrons. The smallest absolute Gasteiger partial charge is 0.219 e. The van der Waals surface area contributed by atoms with Crippen LogP contribution in [0.25, 0.3) is 0 Å². The van der Waals surface area contributed by atoms with E-state index in [9.17, 15) is 0 Å². The summed E-state index contributed by atoms with van der Waals surface area (Å²) < 4.78 is 5.86. The lowest BCUT2D eigenvalue weighted by atomic mass is 10.2. The fourth-order valence-electron chi connectivity index (χ4n) is 2.46. The Morgan fingerprint density at radius 3 is 2.80 bits per heavy atom. The number of nitrogens with zero attached hydrogens (tertiary/aromatic N) is 2. The lowest BCUT2D eigenvalue weighted by Gasteiger charge is -2.15. The van der Waals surface area contributed by atoms with Gasteiger partial charge in [0.05, 0.1) is 5.69 Å². The van der Waals surface area contributed by atoms with Crippen molar-refractivity contribution in [1.82, 2.24) is 4.98 Å². The molecule has 3 rings (SSSR count). The molecule has 0 spiro atoms. The molecule has 4 nitrogen and oxygen atoms in total. The summed E-state index contributed by atoms with van der Waals surface area (Å²) >= 11 is 0. The molecule has 0 atom stereocenters. The second-order valence-corrected chi connectivity index (χ2v) is 5.33. The highest BCUT2D eigenvalue weighted by molar-refractivity contribution is 5.62. The van der Waals surface area contributed by atoms with E-state index in [4.69, 9.17) is 10.5 Å². The minimum absolute atomic E-state index is 0.619. The normalized spacial score (nSPS) is 13.1. The minimum atomic E-state index is 0.619. The quantitative estimate of drug-likeness (QED) is 0.870. The van der Waals surface area contributed by atoms with E-state index in [0.29, 0.717) is 17.3 Å². The van der Waals surface area contributed by atoms with Crippen molar-refractivity contribution in [2.24, 2.45) is 0 Å². The summed E-state index contributed by atoms with van der Waals surface area (Å²) in [6.45, 7) is 0. The van der Waals surface area contributed by atoms with Crippen LogP contribution in [0, 0.1) is 0 Å². The summed E-state index contributed by atoms with van der Waals surface area (Å²) in [6, 6.07) is 9.79. The van der Waals surface area contributed by atoms with Gasteiger partial charge in [0.15, 0.2) is 5.75 Å². The molecule has 0 saturated carbocycles. The monoisotopic (exact) mass is 269 g/mol. The number of pyridine rings is 1. The molecule has 1 aromatic carbocycles. The van der Waals surface area contributed by atoms with Gasteiger partial charge < -0.3 is 15.4 Å². The first-order valence-corrected chi connectivity index (χ1v) is 6.87. The fraction of sp³-hybridized carbons (Fsp3) is 0.312. The average Bonchev–Trinajstić information content (AvgIpc) is 2.88. The number of aromatic nitrogens is 1. The van der Waals surface area contributed by atoms with Crippen molar-refractivity contribution in [1.29, 1.82) is 0 Å². The Balaban J connectivity index is 1.89. The highest BCUT2D eigenvalue weighted by Gasteiger charge is 2.14. The van der Waals surface area contributed by atoms with Crippen molar-refractivity contribution in [3.8, 4) is 11.6 Å². The van der Waals surface area contributed by atoms with Crippen LogP contribution >= 0.6 is 0 Å². The molecular weight excluding hydrogens is 250 g/mol. The summed E-state index contributed by atoms with van der Waals surface area (Å²) in [5.41, 5.74) is 10.2. The van der Waals surface area contributed by atoms with Crippen LogP contribution in [-0.4, -0.2) is 19.1 Å². The number of anilines is 2. The molecule has 0 bridgehead atoms. The Bertz CT molecular complexity index is 638. The van der Waals surface area contributed by atoms with Gasteiger partial charge in [-0.15, -0.1) is 0 Å². The summed E-state index contributed by atoms with van der Waals surface area (Å²) in [6.07, 6.45) is 3.35. The average molecular weight is 269 g/mol. The topological polar surface area (TPSA) is 51.4 Å². The van der Waals surface area contributed by atoms with Crippen LogP contribution in [0.4, 0.5) is 11.4 Å². The van der Waals surface area contributed by atoms with E-state index in [-0.39, 0.29) is 0 Å². The van der Waals surface area contributed by atoms with Gasteiger partial charge in [0.2, 0.25) is 5.88 Å². The van der Waals surface area contributed by atoms with Gasteiger partial charge in [0.25, 0.3) is 0 Å².